The summed E-state index contributed by atoms with van der Waals surface area (Å²) in [6.07, 6.45) is 3.75. The lowest BCUT2D eigenvalue weighted by molar-refractivity contribution is 1.11. The van der Waals surface area contributed by atoms with Gasteiger partial charge < -0.3 is 9.47 Å². The Morgan fingerprint density at radius 3 is 2.31 bits per heavy atom. The van der Waals surface area contributed by atoms with Crippen LogP contribution in [0.3, 0.4) is 0 Å². The summed E-state index contributed by atoms with van der Waals surface area (Å²) < 4.78 is 5.17. The molecular formula is C35H21N3S. The molecule has 1 aliphatic heterocycles. The van der Waals surface area contributed by atoms with Gasteiger partial charge in [0.05, 0.1) is 28.1 Å². The molecule has 4 heteroatoms. The van der Waals surface area contributed by atoms with Crippen molar-refractivity contribution in [2.24, 2.45) is 0 Å². The van der Waals surface area contributed by atoms with Crippen LogP contribution < -0.4 is 4.90 Å². The first-order valence-corrected chi connectivity index (χ1v) is 14.0. The number of hydrogen-bond acceptors (Lipinski definition) is 3. The summed E-state index contributed by atoms with van der Waals surface area (Å²) in [4.78, 5) is 6.76. The molecule has 8 aromatic rings. The van der Waals surface area contributed by atoms with Gasteiger partial charge in [-0.2, -0.15) is 0 Å². The van der Waals surface area contributed by atoms with Gasteiger partial charge in [-0.3, -0.25) is 4.98 Å². The lowest BCUT2D eigenvalue weighted by Crippen LogP contribution is -2.18. The normalized spacial score (nSPS) is 12.6. The van der Waals surface area contributed by atoms with E-state index in [0.29, 0.717) is 0 Å². The maximum atomic E-state index is 4.35. The number of nitrogens with zero attached hydrogens (tertiary/aromatic N) is 3. The molecule has 0 saturated heterocycles. The van der Waals surface area contributed by atoms with E-state index in [1.165, 1.54) is 59.0 Å². The van der Waals surface area contributed by atoms with Crippen molar-refractivity contribution >= 4 is 70.4 Å². The minimum absolute atomic E-state index is 1.11. The second-order valence-electron chi connectivity index (χ2n) is 10.1. The molecule has 1 aliphatic rings. The third-order valence-electron chi connectivity index (χ3n) is 7.98. The second kappa shape index (κ2) is 7.79. The Bertz CT molecular complexity index is 2240. The summed E-state index contributed by atoms with van der Waals surface area (Å²) in [5, 5.41) is 5.30. The number of pyridine rings is 1. The van der Waals surface area contributed by atoms with Crippen LogP contribution in [0, 0.1) is 0 Å². The molecule has 0 saturated carbocycles. The zero-order chi connectivity index (χ0) is 25.5. The molecule has 0 atom stereocenters. The highest BCUT2D eigenvalue weighted by atomic mass is 32.1. The number of anilines is 3. The van der Waals surface area contributed by atoms with Crippen LogP contribution in [0.25, 0.3) is 58.8 Å². The third-order valence-corrected chi connectivity index (χ3v) is 9.18. The van der Waals surface area contributed by atoms with Crippen LogP contribution in [-0.2, 0) is 0 Å². The van der Waals surface area contributed by atoms with Crippen LogP contribution >= 0.6 is 11.3 Å². The Kier molecular flexibility index (Phi) is 4.21. The van der Waals surface area contributed by atoms with Crippen LogP contribution in [0.15, 0.2) is 128 Å². The monoisotopic (exact) mass is 515 g/mol. The van der Waals surface area contributed by atoms with Gasteiger partial charge in [-0.05, 0) is 54.1 Å². The number of benzene rings is 5. The van der Waals surface area contributed by atoms with E-state index in [1.807, 2.05) is 29.8 Å². The molecule has 0 aliphatic carbocycles. The van der Waals surface area contributed by atoms with Crippen molar-refractivity contribution in [3.63, 3.8) is 0 Å². The summed E-state index contributed by atoms with van der Waals surface area (Å²) in [6, 6.07) is 41.8. The number of fused-ring (bicyclic) bond motifs is 9. The van der Waals surface area contributed by atoms with E-state index in [-0.39, 0.29) is 0 Å². The predicted octanol–water partition coefficient (Wildman–Crippen LogP) is 10.00. The predicted molar refractivity (Wildman–Crippen MR) is 165 cm³/mol. The fourth-order valence-corrected chi connectivity index (χ4v) is 7.61. The highest BCUT2D eigenvalue weighted by molar-refractivity contribution is 7.26. The Hall–Kier alpha value is -4.93. The molecule has 3 nitrogen and oxygen atoms in total. The second-order valence-corrected chi connectivity index (χ2v) is 11.1. The Morgan fingerprint density at radius 1 is 0.590 bits per heavy atom. The molecule has 4 heterocycles. The number of aromatic nitrogens is 2. The molecule has 0 bridgehead atoms. The lowest BCUT2D eigenvalue weighted by atomic mass is 10.0. The smallest absolute Gasteiger partial charge is 0.0783 e. The van der Waals surface area contributed by atoms with Crippen LogP contribution in [-0.4, -0.2) is 9.55 Å². The maximum absolute atomic E-state index is 4.35. The van der Waals surface area contributed by atoms with E-state index in [2.05, 4.69) is 124 Å². The standard InChI is InChI=1S/C35H21N3S/c1-4-16-32-25(11-1)26-17-18-30-33(35(26)39-32)27-12-6-15-31-34(27)38(30)29-14-3-2-13-28(29)37(31)24-10-5-8-22(20-24)23-9-7-19-36-21-23/h1-21H. The van der Waals surface area contributed by atoms with Crippen molar-refractivity contribution < 1.29 is 0 Å². The summed E-state index contributed by atoms with van der Waals surface area (Å²) in [7, 11) is 0. The zero-order valence-corrected chi connectivity index (χ0v) is 21.7. The summed E-state index contributed by atoms with van der Waals surface area (Å²) in [5.74, 6) is 0. The molecule has 182 valence electrons. The quantitative estimate of drug-likeness (QED) is 0.228. The molecular weight excluding hydrogens is 494 g/mol. The molecule has 0 spiro atoms. The lowest BCUT2D eigenvalue weighted by Gasteiger charge is -2.33. The van der Waals surface area contributed by atoms with Crippen molar-refractivity contribution in [2.75, 3.05) is 4.90 Å². The van der Waals surface area contributed by atoms with Crippen molar-refractivity contribution in [3.05, 3.63) is 128 Å². The largest absolute Gasteiger partial charge is 0.306 e. The summed E-state index contributed by atoms with van der Waals surface area (Å²) in [5.41, 5.74) is 9.49. The molecule has 0 radical (unpaired) electrons. The highest BCUT2D eigenvalue weighted by Gasteiger charge is 2.29. The summed E-state index contributed by atoms with van der Waals surface area (Å²) >= 11 is 1.90. The van der Waals surface area contributed by atoms with Crippen molar-refractivity contribution in [2.45, 2.75) is 0 Å². The molecule has 39 heavy (non-hydrogen) atoms. The summed E-state index contributed by atoms with van der Waals surface area (Å²) in [6.45, 7) is 0. The van der Waals surface area contributed by atoms with Gasteiger partial charge in [0, 0.05) is 54.6 Å². The first-order chi connectivity index (χ1) is 19.4. The zero-order valence-electron chi connectivity index (χ0n) is 20.9. The van der Waals surface area contributed by atoms with Gasteiger partial charge in [0.15, 0.2) is 0 Å². The number of hydrogen-bond donors (Lipinski definition) is 0. The SMILES string of the molecule is c1cncc(-c2cccc(N3c4ccccc4-n4c5ccc6c7ccccc7sc6c5c5cccc3c54)c2)c1. The third kappa shape index (κ3) is 2.84. The van der Waals surface area contributed by atoms with Crippen molar-refractivity contribution in [1.82, 2.24) is 9.55 Å². The van der Waals surface area contributed by atoms with Gasteiger partial charge >= 0.3 is 0 Å². The molecule has 9 rings (SSSR count). The first-order valence-electron chi connectivity index (χ1n) is 13.1. The van der Waals surface area contributed by atoms with E-state index < -0.39 is 0 Å². The molecule has 5 aromatic carbocycles. The number of rotatable bonds is 2. The number of thiophene rings is 1. The van der Waals surface area contributed by atoms with E-state index in [9.17, 15) is 0 Å². The van der Waals surface area contributed by atoms with Crippen LogP contribution in [0.1, 0.15) is 0 Å². The van der Waals surface area contributed by atoms with Gasteiger partial charge in [0.2, 0.25) is 0 Å². The van der Waals surface area contributed by atoms with Gasteiger partial charge in [-0.15, -0.1) is 11.3 Å². The fourth-order valence-electron chi connectivity index (χ4n) is 6.35. The Labute approximate surface area is 228 Å². The molecule has 0 amide bonds. The van der Waals surface area contributed by atoms with E-state index >= 15 is 0 Å². The highest BCUT2D eigenvalue weighted by Crippen LogP contribution is 2.52. The minimum atomic E-state index is 1.11. The van der Waals surface area contributed by atoms with Crippen molar-refractivity contribution in [1.29, 1.82) is 0 Å². The number of para-hydroxylation sites is 3. The Balaban J connectivity index is 1.39. The maximum Gasteiger partial charge on any atom is 0.0783 e. The van der Waals surface area contributed by atoms with Crippen LogP contribution in [0.5, 0.6) is 0 Å². The minimum Gasteiger partial charge on any atom is -0.306 e. The van der Waals surface area contributed by atoms with Gasteiger partial charge in [-0.25, -0.2) is 0 Å². The van der Waals surface area contributed by atoms with Crippen molar-refractivity contribution in [3.8, 4) is 16.8 Å². The van der Waals surface area contributed by atoms with Crippen LogP contribution in [0.2, 0.25) is 0 Å². The van der Waals surface area contributed by atoms with E-state index in [0.717, 1.165) is 16.8 Å². The van der Waals surface area contributed by atoms with E-state index in [1.54, 1.807) is 0 Å². The molecule has 0 fully saturated rings. The molecule has 3 aromatic heterocycles. The fraction of sp³-hybridized carbons (Fsp3) is 0. The average molecular weight is 516 g/mol. The topological polar surface area (TPSA) is 21.1 Å². The van der Waals surface area contributed by atoms with Gasteiger partial charge in [0.25, 0.3) is 0 Å². The average Bonchev–Trinajstić information content (AvgIpc) is 3.55. The van der Waals surface area contributed by atoms with Gasteiger partial charge in [0.1, 0.15) is 0 Å². The van der Waals surface area contributed by atoms with E-state index in [4.69, 9.17) is 0 Å². The molecule has 0 N–H and O–H groups in total. The van der Waals surface area contributed by atoms with Crippen LogP contribution in [0.4, 0.5) is 17.1 Å². The first kappa shape index (κ1) is 21.1. The molecule has 0 unspecified atom stereocenters. The van der Waals surface area contributed by atoms with Gasteiger partial charge in [-0.1, -0.05) is 66.7 Å². The Morgan fingerprint density at radius 2 is 1.38 bits per heavy atom.